The van der Waals surface area contributed by atoms with Crippen molar-refractivity contribution in [2.24, 2.45) is 17.9 Å². The molecule has 1 atom stereocenters. The quantitative estimate of drug-likeness (QED) is 0.304. The van der Waals surface area contributed by atoms with Gasteiger partial charge in [0.1, 0.15) is 11.8 Å². The molecule has 18 heavy (non-hydrogen) atoms. The van der Waals surface area contributed by atoms with Gasteiger partial charge < -0.3 is 25.1 Å². The van der Waals surface area contributed by atoms with E-state index in [9.17, 15) is 4.79 Å². The molecule has 0 radical (unpaired) electrons. The number of morpholine rings is 1. The minimum atomic E-state index is -0.573. The molecule has 2 rings (SSSR count). The van der Waals surface area contributed by atoms with E-state index in [4.69, 9.17) is 15.7 Å². The standard InChI is InChI=1S/C10H15N5O3/c1-14-4-7(12-6-14)10(16)15-2-3-18-8(5-15)9(11)13-17/h4,6,8,17H,2-3,5H2,1H3,(H2,11,13). The van der Waals surface area contributed by atoms with Crippen molar-refractivity contribution in [1.29, 1.82) is 0 Å². The Kier molecular flexibility index (Phi) is 3.47. The SMILES string of the molecule is Cn1cnc(C(=O)N2CCOC(C(N)=NO)C2)c1. The number of hydrogen-bond donors (Lipinski definition) is 2. The lowest BCUT2D eigenvalue weighted by molar-refractivity contribution is 0.00650. The van der Waals surface area contributed by atoms with Crippen molar-refractivity contribution in [3.05, 3.63) is 18.2 Å². The second-order valence-corrected chi connectivity index (χ2v) is 4.06. The average molecular weight is 253 g/mol. The number of oxime groups is 1. The number of amides is 1. The Morgan fingerprint density at radius 3 is 3.11 bits per heavy atom. The largest absolute Gasteiger partial charge is 0.409 e. The lowest BCUT2D eigenvalue weighted by Gasteiger charge is -2.31. The van der Waals surface area contributed by atoms with Crippen LogP contribution in [-0.2, 0) is 11.8 Å². The van der Waals surface area contributed by atoms with Crippen LogP contribution in [0.25, 0.3) is 0 Å². The summed E-state index contributed by atoms with van der Waals surface area (Å²) in [6.45, 7) is 1.06. The van der Waals surface area contributed by atoms with Gasteiger partial charge in [-0.1, -0.05) is 5.16 Å². The molecule has 2 heterocycles. The van der Waals surface area contributed by atoms with E-state index in [-0.39, 0.29) is 18.3 Å². The summed E-state index contributed by atoms with van der Waals surface area (Å²) in [7, 11) is 1.79. The second kappa shape index (κ2) is 5.05. The molecule has 1 unspecified atom stereocenters. The lowest BCUT2D eigenvalue weighted by atomic mass is 10.2. The fourth-order valence-electron chi connectivity index (χ4n) is 1.76. The molecule has 0 spiro atoms. The summed E-state index contributed by atoms with van der Waals surface area (Å²) in [5.41, 5.74) is 5.84. The van der Waals surface area contributed by atoms with Gasteiger partial charge in [-0.3, -0.25) is 4.79 Å². The van der Waals surface area contributed by atoms with Crippen molar-refractivity contribution >= 4 is 11.7 Å². The third-order valence-electron chi connectivity index (χ3n) is 2.72. The number of nitrogens with zero attached hydrogens (tertiary/aromatic N) is 4. The van der Waals surface area contributed by atoms with Crippen LogP contribution < -0.4 is 5.73 Å². The summed E-state index contributed by atoms with van der Waals surface area (Å²) >= 11 is 0. The van der Waals surface area contributed by atoms with Gasteiger partial charge >= 0.3 is 0 Å². The number of aryl methyl sites for hydroxylation is 1. The summed E-state index contributed by atoms with van der Waals surface area (Å²) in [6.07, 6.45) is 2.64. The molecule has 1 saturated heterocycles. The Morgan fingerprint density at radius 2 is 2.50 bits per heavy atom. The molecule has 1 aromatic heterocycles. The number of carbonyl (C=O) groups excluding carboxylic acids is 1. The minimum absolute atomic E-state index is 0.0338. The maximum atomic E-state index is 12.1. The lowest BCUT2D eigenvalue weighted by Crippen LogP contribution is -2.50. The van der Waals surface area contributed by atoms with Crippen LogP contribution in [-0.4, -0.2) is 57.2 Å². The van der Waals surface area contributed by atoms with Crippen molar-refractivity contribution in [2.45, 2.75) is 6.10 Å². The third kappa shape index (κ3) is 2.43. The van der Waals surface area contributed by atoms with Crippen LogP contribution in [0.15, 0.2) is 17.7 Å². The topological polar surface area (TPSA) is 106 Å². The summed E-state index contributed by atoms with van der Waals surface area (Å²) < 4.78 is 7.02. The molecule has 1 fully saturated rings. The monoisotopic (exact) mass is 253 g/mol. The highest BCUT2D eigenvalue weighted by Gasteiger charge is 2.28. The molecular formula is C10H15N5O3. The number of carbonyl (C=O) groups is 1. The zero-order valence-corrected chi connectivity index (χ0v) is 9.98. The van der Waals surface area contributed by atoms with E-state index in [1.54, 1.807) is 29.0 Å². The summed E-state index contributed by atoms with van der Waals surface area (Å²) in [5, 5.41) is 11.5. The van der Waals surface area contributed by atoms with Gasteiger partial charge in [-0.05, 0) is 0 Å². The van der Waals surface area contributed by atoms with E-state index < -0.39 is 6.10 Å². The molecule has 0 aromatic carbocycles. The van der Waals surface area contributed by atoms with Crippen LogP contribution in [0.4, 0.5) is 0 Å². The Morgan fingerprint density at radius 1 is 1.72 bits per heavy atom. The van der Waals surface area contributed by atoms with Gasteiger partial charge in [-0.2, -0.15) is 0 Å². The van der Waals surface area contributed by atoms with Crippen molar-refractivity contribution in [3.8, 4) is 0 Å². The minimum Gasteiger partial charge on any atom is -0.409 e. The van der Waals surface area contributed by atoms with Gasteiger partial charge in [-0.25, -0.2) is 4.98 Å². The predicted molar refractivity (Wildman–Crippen MR) is 62.3 cm³/mol. The molecule has 3 N–H and O–H groups in total. The molecule has 0 saturated carbocycles. The van der Waals surface area contributed by atoms with Crippen molar-refractivity contribution in [2.75, 3.05) is 19.7 Å². The number of ether oxygens (including phenoxy) is 1. The van der Waals surface area contributed by atoms with Crippen LogP contribution in [0.2, 0.25) is 0 Å². The van der Waals surface area contributed by atoms with Crippen molar-refractivity contribution < 1.29 is 14.7 Å². The number of hydrogen-bond acceptors (Lipinski definition) is 5. The summed E-state index contributed by atoms with van der Waals surface area (Å²) in [4.78, 5) is 17.7. The highest BCUT2D eigenvalue weighted by molar-refractivity contribution is 5.93. The van der Waals surface area contributed by atoms with E-state index in [2.05, 4.69) is 10.1 Å². The summed E-state index contributed by atoms with van der Waals surface area (Å²) in [6, 6.07) is 0. The van der Waals surface area contributed by atoms with Gasteiger partial charge in [0.2, 0.25) is 0 Å². The predicted octanol–water partition coefficient (Wildman–Crippen LogP) is -0.992. The molecule has 0 aliphatic carbocycles. The highest BCUT2D eigenvalue weighted by Crippen LogP contribution is 2.09. The zero-order valence-electron chi connectivity index (χ0n) is 9.98. The zero-order chi connectivity index (χ0) is 13.1. The highest BCUT2D eigenvalue weighted by atomic mass is 16.5. The van der Waals surface area contributed by atoms with Crippen molar-refractivity contribution in [1.82, 2.24) is 14.5 Å². The van der Waals surface area contributed by atoms with Gasteiger partial charge in [0.15, 0.2) is 5.84 Å². The third-order valence-corrected chi connectivity index (χ3v) is 2.72. The molecular weight excluding hydrogens is 238 g/mol. The van der Waals surface area contributed by atoms with Gasteiger partial charge in [-0.15, -0.1) is 0 Å². The molecule has 0 bridgehead atoms. The Hall–Kier alpha value is -2.09. The number of rotatable bonds is 2. The van der Waals surface area contributed by atoms with Gasteiger partial charge in [0.25, 0.3) is 5.91 Å². The maximum absolute atomic E-state index is 12.1. The molecule has 98 valence electrons. The van der Waals surface area contributed by atoms with E-state index in [1.807, 2.05) is 0 Å². The van der Waals surface area contributed by atoms with Gasteiger partial charge in [0.05, 0.1) is 19.5 Å². The number of nitrogens with two attached hydrogens (primary N) is 1. The molecule has 8 heteroatoms. The Labute approximate surface area is 104 Å². The normalized spacial score (nSPS) is 21.1. The van der Waals surface area contributed by atoms with E-state index >= 15 is 0 Å². The average Bonchev–Trinajstić information content (AvgIpc) is 2.83. The fraction of sp³-hybridized carbons (Fsp3) is 0.500. The second-order valence-electron chi connectivity index (χ2n) is 4.06. The first-order chi connectivity index (χ1) is 8.61. The first kappa shape index (κ1) is 12.4. The van der Waals surface area contributed by atoms with E-state index in [0.717, 1.165) is 0 Å². The first-order valence-electron chi connectivity index (χ1n) is 5.48. The fourth-order valence-corrected chi connectivity index (χ4v) is 1.76. The van der Waals surface area contributed by atoms with E-state index in [1.165, 1.54) is 0 Å². The molecule has 1 aromatic rings. The number of amidine groups is 1. The Balaban J connectivity index is 2.07. The first-order valence-corrected chi connectivity index (χ1v) is 5.48. The van der Waals surface area contributed by atoms with Crippen LogP contribution in [0.5, 0.6) is 0 Å². The molecule has 1 aliphatic heterocycles. The van der Waals surface area contributed by atoms with Gasteiger partial charge in [0, 0.05) is 19.8 Å². The van der Waals surface area contributed by atoms with Crippen LogP contribution in [0.1, 0.15) is 10.5 Å². The maximum Gasteiger partial charge on any atom is 0.274 e. The number of aromatic nitrogens is 2. The van der Waals surface area contributed by atoms with Crippen LogP contribution in [0, 0.1) is 0 Å². The van der Waals surface area contributed by atoms with E-state index in [0.29, 0.717) is 18.8 Å². The Bertz CT molecular complexity index is 470. The summed E-state index contributed by atoms with van der Waals surface area (Å²) in [5.74, 6) is -0.219. The molecule has 1 aliphatic rings. The van der Waals surface area contributed by atoms with Crippen LogP contribution in [0.3, 0.4) is 0 Å². The number of imidazole rings is 1. The smallest absolute Gasteiger partial charge is 0.274 e. The van der Waals surface area contributed by atoms with Crippen LogP contribution >= 0.6 is 0 Å². The molecule has 8 nitrogen and oxygen atoms in total. The molecule has 1 amide bonds. The van der Waals surface area contributed by atoms with Crippen molar-refractivity contribution in [3.63, 3.8) is 0 Å².